The molecule has 0 heterocycles. The minimum atomic E-state index is -0.367. The molecule has 0 aliphatic carbocycles. The first-order chi connectivity index (χ1) is 8.39. The van der Waals surface area contributed by atoms with Crippen LogP contribution in [0.2, 0.25) is 5.02 Å². The van der Waals surface area contributed by atoms with Gasteiger partial charge in [-0.25, -0.2) is 0 Å². The number of nitrogens with one attached hydrogen (secondary N) is 1. The van der Waals surface area contributed by atoms with Crippen LogP contribution in [0.5, 0.6) is 0 Å². The lowest BCUT2D eigenvalue weighted by molar-refractivity contribution is 0.187. The van der Waals surface area contributed by atoms with Gasteiger partial charge in [0.2, 0.25) is 0 Å². The van der Waals surface area contributed by atoms with Crippen LogP contribution in [-0.2, 0) is 6.54 Å². The predicted octanol–water partition coefficient (Wildman–Crippen LogP) is 1.29. The van der Waals surface area contributed by atoms with Crippen LogP contribution in [0.4, 0.5) is 0 Å². The molecule has 1 aromatic rings. The number of aliphatic hydroxyl groups excluding tert-OH is 1. The second-order valence-electron chi connectivity index (χ2n) is 4.69. The SMILES string of the molecule is CC(C)(CO)NCc1ccc(/C(N)=N/O)cc1Cl. The standard InChI is InChI=1S/C12H18ClN3O2/c1-12(2,7-17)15-6-9-4-3-8(5-10(9)13)11(14)16-18/h3-5,15,17-18H,6-7H2,1-2H3,(H2,14,16). The summed E-state index contributed by atoms with van der Waals surface area (Å²) in [7, 11) is 0. The second kappa shape index (κ2) is 6.04. The van der Waals surface area contributed by atoms with E-state index in [2.05, 4.69) is 10.5 Å². The lowest BCUT2D eigenvalue weighted by Gasteiger charge is -2.23. The zero-order chi connectivity index (χ0) is 13.8. The number of benzene rings is 1. The largest absolute Gasteiger partial charge is 0.409 e. The van der Waals surface area contributed by atoms with Crippen molar-refractivity contribution >= 4 is 17.4 Å². The molecule has 5 nitrogen and oxygen atoms in total. The summed E-state index contributed by atoms with van der Waals surface area (Å²) >= 11 is 6.11. The third-order valence-electron chi connectivity index (χ3n) is 2.61. The van der Waals surface area contributed by atoms with E-state index in [1.165, 1.54) is 0 Å². The van der Waals surface area contributed by atoms with Crippen molar-refractivity contribution in [1.29, 1.82) is 0 Å². The van der Waals surface area contributed by atoms with Crippen molar-refractivity contribution in [1.82, 2.24) is 5.32 Å². The Labute approximate surface area is 111 Å². The van der Waals surface area contributed by atoms with E-state index >= 15 is 0 Å². The smallest absolute Gasteiger partial charge is 0.170 e. The monoisotopic (exact) mass is 271 g/mol. The summed E-state index contributed by atoms with van der Waals surface area (Å²) in [5.41, 5.74) is 6.55. The van der Waals surface area contributed by atoms with Crippen LogP contribution in [0.15, 0.2) is 23.4 Å². The lowest BCUT2D eigenvalue weighted by atomic mass is 10.1. The Balaban J connectivity index is 2.81. The Hall–Kier alpha value is -1.30. The predicted molar refractivity (Wildman–Crippen MR) is 72.0 cm³/mol. The van der Waals surface area contributed by atoms with Gasteiger partial charge in [0.25, 0.3) is 0 Å². The van der Waals surface area contributed by atoms with Crippen molar-refractivity contribution in [3.05, 3.63) is 34.3 Å². The minimum Gasteiger partial charge on any atom is -0.409 e. The van der Waals surface area contributed by atoms with Gasteiger partial charge in [-0.3, -0.25) is 0 Å². The molecule has 0 fully saturated rings. The third kappa shape index (κ3) is 3.87. The number of aliphatic hydroxyl groups is 1. The average Bonchev–Trinajstić information content (AvgIpc) is 2.36. The number of amidine groups is 1. The molecule has 1 rings (SSSR count). The number of hydrogen-bond acceptors (Lipinski definition) is 4. The van der Waals surface area contributed by atoms with Gasteiger partial charge in [0.1, 0.15) is 0 Å². The summed E-state index contributed by atoms with van der Waals surface area (Å²) < 4.78 is 0. The Bertz CT molecular complexity index is 447. The van der Waals surface area contributed by atoms with Crippen molar-refractivity contribution in [2.45, 2.75) is 25.9 Å². The van der Waals surface area contributed by atoms with E-state index in [1.807, 2.05) is 13.8 Å². The minimum absolute atomic E-state index is 0.0205. The Morgan fingerprint density at radius 1 is 1.50 bits per heavy atom. The molecule has 0 radical (unpaired) electrons. The van der Waals surface area contributed by atoms with Crippen molar-refractivity contribution in [2.24, 2.45) is 10.9 Å². The maximum atomic E-state index is 9.13. The molecule has 0 aromatic heterocycles. The maximum absolute atomic E-state index is 9.13. The average molecular weight is 272 g/mol. The molecule has 0 unspecified atom stereocenters. The third-order valence-corrected chi connectivity index (χ3v) is 2.96. The maximum Gasteiger partial charge on any atom is 0.170 e. The van der Waals surface area contributed by atoms with Gasteiger partial charge in [-0.1, -0.05) is 28.9 Å². The van der Waals surface area contributed by atoms with Crippen LogP contribution in [0.1, 0.15) is 25.0 Å². The first-order valence-corrected chi connectivity index (χ1v) is 5.89. The van der Waals surface area contributed by atoms with Crippen LogP contribution < -0.4 is 11.1 Å². The van der Waals surface area contributed by atoms with Gasteiger partial charge in [-0.15, -0.1) is 0 Å². The highest BCUT2D eigenvalue weighted by atomic mass is 35.5. The molecule has 0 atom stereocenters. The zero-order valence-electron chi connectivity index (χ0n) is 10.4. The van der Waals surface area contributed by atoms with E-state index in [9.17, 15) is 0 Å². The van der Waals surface area contributed by atoms with Crippen molar-refractivity contribution in [3.8, 4) is 0 Å². The van der Waals surface area contributed by atoms with Crippen LogP contribution in [0.3, 0.4) is 0 Å². The molecule has 0 saturated heterocycles. The quantitative estimate of drug-likeness (QED) is 0.281. The summed E-state index contributed by atoms with van der Waals surface area (Å²) in [4.78, 5) is 0. The molecule has 1 aromatic carbocycles. The second-order valence-corrected chi connectivity index (χ2v) is 5.09. The van der Waals surface area contributed by atoms with Crippen LogP contribution in [-0.4, -0.2) is 28.3 Å². The van der Waals surface area contributed by atoms with Gasteiger partial charge in [0.15, 0.2) is 5.84 Å². The van der Waals surface area contributed by atoms with Crippen molar-refractivity contribution < 1.29 is 10.3 Å². The van der Waals surface area contributed by atoms with Crippen LogP contribution >= 0.6 is 11.6 Å². The van der Waals surface area contributed by atoms with Crippen LogP contribution in [0, 0.1) is 0 Å². The fourth-order valence-electron chi connectivity index (χ4n) is 1.30. The summed E-state index contributed by atoms with van der Waals surface area (Å²) in [6.07, 6.45) is 0. The molecule has 0 aliphatic heterocycles. The number of hydrogen-bond donors (Lipinski definition) is 4. The van der Waals surface area contributed by atoms with Crippen molar-refractivity contribution in [2.75, 3.05) is 6.61 Å². The summed E-state index contributed by atoms with van der Waals surface area (Å²) in [5.74, 6) is 0.0205. The Morgan fingerprint density at radius 3 is 2.67 bits per heavy atom. The van der Waals surface area contributed by atoms with Gasteiger partial charge < -0.3 is 21.4 Å². The fraction of sp³-hybridized carbons (Fsp3) is 0.417. The van der Waals surface area contributed by atoms with E-state index in [4.69, 9.17) is 27.6 Å². The molecule has 5 N–H and O–H groups in total. The van der Waals surface area contributed by atoms with Crippen molar-refractivity contribution in [3.63, 3.8) is 0 Å². The summed E-state index contributed by atoms with van der Waals surface area (Å²) in [6.45, 7) is 4.35. The molecule has 0 saturated carbocycles. The lowest BCUT2D eigenvalue weighted by Crippen LogP contribution is -2.42. The van der Waals surface area contributed by atoms with Gasteiger partial charge in [-0.2, -0.15) is 0 Å². The van der Waals surface area contributed by atoms with E-state index in [0.29, 0.717) is 17.1 Å². The van der Waals surface area contributed by atoms with E-state index in [1.54, 1.807) is 18.2 Å². The van der Waals surface area contributed by atoms with Gasteiger partial charge in [-0.05, 0) is 25.5 Å². The van der Waals surface area contributed by atoms with Gasteiger partial charge in [0, 0.05) is 22.7 Å². The first-order valence-electron chi connectivity index (χ1n) is 5.52. The Kier molecular flexibility index (Phi) is 4.95. The molecular formula is C12H18ClN3O2. The van der Waals surface area contributed by atoms with Crippen LogP contribution in [0.25, 0.3) is 0 Å². The molecule has 18 heavy (non-hydrogen) atoms. The highest BCUT2D eigenvalue weighted by Gasteiger charge is 2.15. The molecule has 100 valence electrons. The number of oxime groups is 1. The highest BCUT2D eigenvalue weighted by molar-refractivity contribution is 6.31. The van der Waals surface area contributed by atoms with Gasteiger partial charge >= 0.3 is 0 Å². The fourth-order valence-corrected chi connectivity index (χ4v) is 1.55. The van der Waals surface area contributed by atoms with E-state index in [0.717, 1.165) is 5.56 Å². The first kappa shape index (κ1) is 14.8. The highest BCUT2D eigenvalue weighted by Crippen LogP contribution is 2.18. The molecule has 6 heteroatoms. The Morgan fingerprint density at radius 2 is 2.17 bits per heavy atom. The number of rotatable bonds is 5. The number of nitrogens with zero attached hydrogens (tertiary/aromatic N) is 1. The molecule has 0 bridgehead atoms. The zero-order valence-corrected chi connectivity index (χ0v) is 11.2. The van der Waals surface area contributed by atoms with Gasteiger partial charge in [0.05, 0.1) is 6.61 Å². The summed E-state index contributed by atoms with van der Waals surface area (Å²) in [5, 5.41) is 24.3. The number of nitrogens with two attached hydrogens (primary N) is 1. The topological polar surface area (TPSA) is 90.9 Å². The van der Waals surface area contributed by atoms with E-state index < -0.39 is 0 Å². The molecule has 0 amide bonds. The molecular weight excluding hydrogens is 254 g/mol. The van der Waals surface area contributed by atoms with E-state index in [-0.39, 0.29) is 18.0 Å². The molecule has 0 spiro atoms. The molecule has 0 aliphatic rings. The summed E-state index contributed by atoms with van der Waals surface area (Å²) in [6, 6.07) is 5.17. The normalized spacial score (nSPS) is 12.8. The number of halogens is 1.